The number of nitrogens with one attached hydrogen (secondary N) is 1. The van der Waals surface area contributed by atoms with Crippen molar-refractivity contribution >= 4 is 15.8 Å². The number of hydrogen-bond acceptors (Lipinski definition) is 3. The average molecular weight is 275 g/mol. The van der Waals surface area contributed by atoms with E-state index in [4.69, 9.17) is 0 Å². The van der Waals surface area contributed by atoms with Crippen LogP contribution < -0.4 is 4.72 Å². The average Bonchev–Trinajstić information content (AvgIpc) is 2.91. The first-order valence-corrected chi connectivity index (χ1v) is 7.84. The number of hydrogen-bond donors (Lipinski definition) is 1. The molecule has 1 fully saturated rings. The molecule has 1 saturated carbocycles. The van der Waals surface area contributed by atoms with Crippen LogP contribution in [-0.2, 0) is 14.8 Å². The van der Waals surface area contributed by atoms with Crippen LogP contribution >= 0.6 is 0 Å². The minimum atomic E-state index is -3.43. The lowest BCUT2D eigenvalue weighted by Crippen LogP contribution is -2.47. The molecule has 0 amide bonds. The summed E-state index contributed by atoms with van der Waals surface area (Å²) < 4.78 is 26.5. The molecule has 0 atom stereocenters. The summed E-state index contributed by atoms with van der Waals surface area (Å²) in [5.74, 6) is -0.0872. The predicted octanol–water partition coefficient (Wildman–Crippen LogP) is 2.10. The summed E-state index contributed by atoms with van der Waals surface area (Å²) in [6.07, 6.45) is 1.35. The van der Waals surface area contributed by atoms with Crippen LogP contribution in [0.2, 0.25) is 0 Å². The quantitative estimate of drug-likeness (QED) is 0.854. The van der Waals surface area contributed by atoms with E-state index in [1.165, 1.54) is 0 Å². The second-order valence-electron chi connectivity index (χ2n) is 7.24. The Balaban J connectivity index is 2.77. The smallest absolute Gasteiger partial charge is 0.218 e. The molecule has 0 unspecified atom stereocenters. The van der Waals surface area contributed by atoms with Gasteiger partial charge >= 0.3 is 0 Å². The lowest BCUT2D eigenvalue weighted by molar-refractivity contribution is -0.125. The maximum absolute atomic E-state index is 12.3. The number of carbonyl (C=O) groups is 1. The number of sulfonamides is 1. The number of carbonyl (C=O) groups excluding carboxylic acids is 1. The minimum absolute atomic E-state index is 0.0872. The van der Waals surface area contributed by atoms with E-state index in [0.29, 0.717) is 12.8 Å². The minimum Gasteiger partial charge on any atom is -0.298 e. The predicted molar refractivity (Wildman–Crippen MR) is 72.8 cm³/mol. The van der Waals surface area contributed by atoms with Crippen molar-refractivity contribution < 1.29 is 13.2 Å². The molecule has 0 heterocycles. The van der Waals surface area contributed by atoms with Crippen molar-refractivity contribution in [3.05, 3.63) is 0 Å². The maximum Gasteiger partial charge on any atom is 0.218 e. The SMILES string of the molecule is CC(C)(C)C(=O)CNS(=O)(=O)C1(C(C)(C)C)CC1. The van der Waals surface area contributed by atoms with E-state index in [2.05, 4.69) is 4.72 Å². The molecule has 0 aromatic carbocycles. The van der Waals surface area contributed by atoms with E-state index in [1.807, 2.05) is 20.8 Å². The first kappa shape index (κ1) is 15.6. The fraction of sp³-hybridized carbons (Fsp3) is 0.923. The number of ketones is 1. The Morgan fingerprint density at radius 3 is 1.83 bits per heavy atom. The molecule has 106 valence electrons. The summed E-state index contributed by atoms with van der Waals surface area (Å²) in [5.41, 5.74) is -0.815. The van der Waals surface area contributed by atoms with E-state index in [1.54, 1.807) is 20.8 Å². The topological polar surface area (TPSA) is 63.2 Å². The van der Waals surface area contributed by atoms with Crippen LogP contribution in [0.5, 0.6) is 0 Å². The Hall–Kier alpha value is -0.420. The summed E-state index contributed by atoms with van der Waals surface area (Å²) in [6.45, 7) is 11.1. The Morgan fingerprint density at radius 1 is 1.11 bits per heavy atom. The van der Waals surface area contributed by atoms with Crippen LogP contribution in [0.4, 0.5) is 0 Å². The second-order valence-corrected chi connectivity index (χ2v) is 9.32. The molecule has 1 rings (SSSR count). The number of Topliss-reactive ketones (excluding diaryl/α,β-unsaturated/α-hetero) is 1. The summed E-state index contributed by atoms with van der Waals surface area (Å²) in [6, 6.07) is 0. The van der Waals surface area contributed by atoms with Crippen molar-refractivity contribution in [1.29, 1.82) is 0 Å². The number of rotatable bonds is 4. The molecule has 1 N–H and O–H groups in total. The van der Waals surface area contributed by atoms with Gasteiger partial charge in [0.25, 0.3) is 0 Å². The molecule has 18 heavy (non-hydrogen) atoms. The molecular weight excluding hydrogens is 250 g/mol. The molecule has 0 saturated heterocycles. The Bertz CT molecular complexity index is 434. The van der Waals surface area contributed by atoms with E-state index in [0.717, 1.165) is 0 Å². The standard InChI is InChI=1S/C13H25NO3S/c1-11(2,3)10(15)9-14-18(16,17)13(7-8-13)12(4,5)6/h14H,7-9H2,1-6H3. The Morgan fingerprint density at radius 2 is 1.56 bits per heavy atom. The van der Waals surface area contributed by atoms with Crippen LogP contribution in [-0.4, -0.2) is 25.5 Å². The van der Waals surface area contributed by atoms with Gasteiger partial charge in [-0.2, -0.15) is 0 Å². The zero-order chi connectivity index (χ0) is 14.4. The van der Waals surface area contributed by atoms with Crippen molar-refractivity contribution in [2.24, 2.45) is 10.8 Å². The van der Waals surface area contributed by atoms with Crippen LogP contribution in [0.3, 0.4) is 0 Å². The van der Waals surface area contributed by atoms with Gasteiger partial charge < -0.3 is 0 Å². The highest BCUT2D eigenvalue weighted by molar-refractivity contribution is 7.91. The van der Waals surface area contributed by atoms with Gasteiger partial charge in [-0.15, -0.1) is 0 Å². The first-order valence-electron chi connectivity index (χ1n) is 6.36. The van der Waals surface area contributed by atoms with Crippen LogP contribution in [0.1, 0.15) is 54.4 Å². The monoisotopic (exact) mass is 275 g/mol. The van der Waals surface area contributed by atoms with Crippen molar-refractivity contribution in [3.8, 4) is 0 Å². The molecule has 0 aromatic heterocycles. The fourth-order valence-corrected chi connectivity index (χ4v) is 4.14. The molecule has 0 bridgehead atoms. The zero-order valence-electron chi connectivity index (χ0n) is 12.3. The van der Waals surface area contributed by atoms with E-state index in [9.17, 15) is 13.2 Å². The van der Waals surface area contributed by atoms with Crippen LogP contribution in [0, 0.1) is 10.8 Å². The molecule has 4 nitrogen and oxygen atoms in total. The summed E-state index contributed by atoms with van der Waals surface area (Å²) >= 11 is 0. The molecular formula is C13H25NO3S. The van der Waals surface area contributed by atoms with Crippen LogP contribution in [0.25, 0.3) is 0 Å². The van der Waals surface area contributed by atoms with E-state index < -0.39 is 20.2 Å². The second kappa shape index (κ2) is 4.30. The van der Waals surface area contributed by atoms with Gasteiger partial charge in [-0.1, -0.05) is 41.5 Å². The van der Waals surface area contributed by atoms with Gasteiger partial charge in [0.2, 0.25) is 10.0 Å². The van der Waals surface area contributed by atoms with E-state index >= 15 is 0 Å². The molecule has 5 heteroatoms. The summed E-state index contributed by atoms with van der Waals surface area (Å²) in [5, 5.41) is 0. The first-order chi connectivity index (χ1) is 7.83. The lowest BCUT2D eigenvalue weighted by Gasteiger charge is -2.30. The molecule has 1 aliphatic rings. The summed E-state index contributed by atoms with van der Waals surface area (Å²) in [7, 11) is -3.43. The van der Waals surface area contributed by atoms with E-state index in [-0.39, 0.29) is 17.7 Å². The highest BCUT2D eigenvalue weighted by Gasteiger charge is 2.61. The summed E-state index contributed by atoms with van der Waals surface area (Å²) in [4.78, 5) is 11.8. The fourth-order valence-electron chi connectivity index (χ4n) is 2.10. The Labute approximate surface area is 111 Å². The molecule has 1 aliphatic carbocycles. The Kier molecular flexibility index (Phi) is 3.74. The van der Waals surface area contributed by atoms with Crippen LogP contribution in [0.15, 0.2) is 0 Å². The lowest BCUT2D eigenvalue weighted by atomic mass is 9.90. The highest BCUT2D eigenvalue weighted by Crippen LogP contribution is 2.55. The molecule has 0 aliphatic heterocycles. The van der Waals surface area contributed by atoms with Crippen molar-refractivity contribution in [2.45, 2.75) is 59.1 Å². The van der Waals surface area contributed by atoms with Gasteiger partial charge in [0.1, 0.15) is 0 Å². The molecule has 0 radical (unpaired) electrons. The molecule has 0 aromatic rings. The third-order valence-electron chi connectivity index (χ3n) is 3.84. The van der Waals surface area contributed by atoms with Gasteiger partial charge in [0, 0.05) is 5.41 Å². The van der Waals surface area contributed by atoms with Gasteiger partial charge in [0.05, 0.1) is 11.3 Å². The van der Waals surface area contributed by atoms with Gasteiger partial charge in [-0.25, -0.2) is 13.1 Å². The van der Waals surface area contributed by atoms with Crippen molar-refractivity contribution in [2.75, 3.05) is 6.54 Å². The maximum atomic E-state index is 12.3. The van der Waals surface area contributed by atoms with Gasteiger partial charge in [-0.3, -0.25) is 4.79 Å². The van der Waals surface area contributed by atoms with Crippen molar-refractivity contribution in [3.63, 3.8) is 0 Å². The van der Waals surface area contributed by atoms with Gasteiger partial charge in [0.15, 0.2) is 5.78 Å². The molecule has 0 spiro atoms. The third-order valence-corrected chi connectivity index (χ3v) is 6.42. The largest absolute Gasteiger partial charge is 0.298 e. The zero-order valence-corrected chi connectivity index (χ0v) is 13.1. The normalized spacial score (nSPS) is 19.7. The van der Waals surface area contributed by atoms with Crippen molar-refractivity contribution in [1.82, 2.24) is 4.72 Å². The van der Waals surface area contributed by atoms with Gasteiger partial charge in [-0.05, 0) is 18.3 Å². The third kappa shape index (κ3) is 2.77. The highest BCUT2D eigenvalue weighted by atomic mass is 32.2.